The predicted octanol–water partition coefficient (Wildman–Crippen LogP) is 5.95. The fourth-order valence-corrected chi connectivity index (χ4v) is 4.40. The molecule has 0 bridgehead atoms. The maximum Gasteiger partial charge on any atom is 0.253 e. The zero-order valence-electron chi connectivity index (χ0n) is 22.7. The molecule has 0 aliphatic carbocycles. The quantitative estimate of drug-likeness (QED) is 0.277. The van der Waals surface area contributed by atoms with Gasteiger partial charge in [-0.25, -0.2) is 0 Å². The molecule has 0 radical (unpaired) electrons. The van der Waals surface area contributed by atoms with Crippen molar-refractivity contribution in [1.29, 1.82) is 0 Å². The molecular formula is C32H39N3O3. The van der Waals surface area contributed by atoms with Crippen LogP contribution in [0.5, 0.6) is 0 Å². The van der Waals surface area contributed by atoms with Crippen molar-refractivity contribution in [2.45, 2.75) is 52.0 Å². The Labute approximate surface area is 226 Å². The maximum absolute atomic E-state index is 13.3. The van der Waals surface area contributed by atoms with E-state index in [0.717, 1.165) is 30.5 Å². The molecule has 6 heteroatoms. The van der Waals surface area contributed by atoms with Gasteiger partial charge in [-0.2, -0.15) is 0 Å². The van der Waals surface area contributed by atoms with Crippen LogP contribution in [0.4, 0.5) is 5.69 Å². The summed E-state index contributed by atoms with van der Waals surface area (Å²) in [5.74, 6) is -0.774. The van der Waals surface area contributed by atoms with Gasteiger partial charge in [0.2, 0.25) is 5.91 Å². The predicted molar refractivity (Wildman–Crippen MR) is 153 cm³/mol. The maximum atomic E-state index is 13.3. The van der Waals surface area contributed by atoms with E-state index in [-0.39, 0.29) is 29.7 Å². The lowest BCUT2D eigenvalue weighted by Crippen LogP contribution is -2.39. The molecular weight excluding hydrogens is 474 g/mol. The molecule has 3 rings (SSSR count). The normalized spacial score (nSPS) is 12.3. The topological polar surface area (TPSA) is 78.5 Å². The Morgan fingerprint density at radius 1 is 0.842 bits per heavy atom. The molecule has 0 aliphatic rings. The van der Waals surface area contributed by atoms with Crippen molar-refractivity contribution >= 4 is 23.4 Å². The summed E-state index contributed by atoms with van der Waals surface area (Å²) in [6.07, 6.45) is 4.18. The first-order valence-corrected chi connectivity index (χ1v) is 13.4. The number of nitrogens with zero attached hydrogens (tertiary/aromatic N) is 1. The van der Waals surface area contributed by atoms with E-state index in [2.05, 4.69) is 17.6 Å². The monoisotopic (exact) mass is 513 g/mol. The van der Waals surface area contributed by atoms with E-state index in [1.807, 2.05) is 67.6 Å². The summed E-state index contributed by atoms with van der Waals surface area (Å²) >= 11 is 0. The lowest BCUT2D eigenvalue weighted by Gasteiger charge is -2.23. The molecule has 3 aromatic carbocycles. The van der Waals surface area contributed by atoms with Gasteiger partial charge in [0.1, 0.15) is 0 Å². The largest absolute Gasteiger partial charge is 0.349 e. The van der Waals surface area contributed by atoms with Gasteiger partial charge in [-0.1, -0.05) is 81.3 Å². The molecule has 0 saturated carbocycles. The van der Waals surface area contributed by atoms with E-state index in [1.165, 1.54) is 0 Å². The molecule has 1 unspecified atom stereocenters. The third kappa shape index (κ3) is 8.87. The number of unbranched alkanes of at least 4 members (excludes halogenated alkanes) is 2. The van der Waals surface area contributed by atoms with Crippen LogP contribution in [0.2, 0.25) is 0 Å². The number of hydrogen-bond acceptors (Lipinski definition) is 3. The summed E-state index contributed by atoms with van der Waals surface area (Å²) in [4.78, 5) is 40.8. The first-order valence-electron chi connectivity index (χ1n) is 13.4. The van der Waals surface area contributed by atoms with Gasteiger partial charge in [0.05, 0.1) is 0 Å². The highest BCUT2D eigenvalue weighted by molar-refractivity contribution is 5.99. The molecule has 0 saturated heterocycles. The van der Waals surface area contributed by atoms with Gasteiger partial charge in [-0.15, -0.1) is 0 Å². The third-order valence-corrected chi connectivity index (χ3v) is 6.60. The van der Waals surface area contributed by atoms with Crippen molar-refractivity contribution in [3.8, 4) is 0 Å². The number of carbonyl (C=O) groups is 3. The van der Waals surface area contributed by atoms with E-state index < -0.39 is 0 Å². The van der Waals surface area contributed by atoms with Crippen LogP contribution in [0.25, 0.3) is 0 Å². The lowest BCUT2D eigenvalue weighted by atomic mass is 9.95. The Bertz CT molecular complexity index is 1180. The molecule has 2 N–H and O–H groups in total. The number of para-hydroxylation sites is 1. The van der Waals surface area contributed by atoms with Gasteiger partial charge < -0.3 is 15.5 Å². The minimum atomic E-state index is -0.325. The SMILES string of the molecule is CCCCCN(C)C(=O)c1cccc(C(=O)N[C@@H](Cc2ccccc2)CC(C)C(=O)Nc2ccccc2)c1. The highest BCUT2D eigenvalue weighted by atomic mass is 16.2. The van der Waals surface area contributed by atoms with Crippen molar-refractivity contribution < 1.29 is 14.4 Å². The van der Waals surface area contributed by atoms with E-state index in [9.17, 15) is 14.4 Å². The molecule has 0 aromatic heterocycles. The first-order chi connectivity index (χ1) is 18.4. The molecule has 3 amide bonds. The highest BCUT2D eigenvalue weighted by Gasteiger charge is 2.22. The Morgan fingerprint density at radius 2 is 1.50 bits per heavy atom. The van der Waals surface area contributed by atoms with Gasteiger partial charge in [0, 0.05) is 42.4 Å². The second kappa shape index (κ2) is 14.7. The fraction of sp³-hybridized carbons (Fsp3) is 0.344. The molecule has 200 valence electrons. The van der Waals surface area contributed by atoms with Crippen LogP contribution in [0, 0.1) is 5.92 Å². The van der Waals surface area contributed by atoms with Crippen molar-refractivity contribution in [2.75, 3.05) is 18.9 Å². The molecule has 0 spiro atoms. The van der Waals surface area contributed by atoms with Crippen LogP contribution in [0.15, 0.2) is 84.9 Å². The number of carbonyl (C=O) groups excluding carboxylic acids is 3. The Hall–Kier alpha value is -3.93. The van der Waals surface area contributed by atoms with Crippen LogP contribution in [0.3, 0.4) is 0 Å². The summed E-state index contributed by atoms with van der Waals surface area (Å²) in [5, 5.41) is 6.08. The average Bonchev–Trinajstić information content (AvgIpc) is 2.93. The summed E-state index contributed by atoms with van der Waals surface area (Å²) < 4.78 is 0. The molecule has 0 heterocycles. The average molecular weight is 514 g/mol. The zero-order valence-corrected chi connectivity index (χ0v) is 22.7. The van der Waals surface area contributed by atoms with Crippen LogP contribution < -0.4 is 10.6 Å². The first kappa shape index (κ1) is 28.6. The third-order valence-electron chi connectivity index (χ3n) is 6.60. The van der Waals surface area contributed by atoms with Crippen LogP contribution in [-0.2, 0) is 11.2 Å². The summed E-state index contributed by atoms with van der Waals surface area (Å²) in [6, 6.07) is 25.9. The number of benzene rings is 3. The van der Waals surface area contributed by atoms with Crippen molar-refractivity contribution in [3.05, 3.63) is 102 Å². The highest BCUT2D eigenvalue weighted by Crippen LogP contribution is 2.16. The molecule has 38 heavy (non-hydrogen) atoms. The number of anilines is 1. The van der Waals surface area contributed by atoms with Gasteiger partial charge >= 0.3 is 0 Å². The fourth-order valence-electron chi connectivity index (χ4n) is 4.40. The molecule has 0 fully saturated rings. The Kier molecular flexibility index (Phi) is 11.1. The van der Waals surface area contributed by atoms with Crippen LogP contribution >= 0.6 is 0 Å². The van der Waals surface area contributed by atoms with E-state index in [0.29, 0.717) is 30.5 Å². The smallest absolute Gasteiger partial charge is 0.253 e. The number of hydrogen-bond donors (Lipinski definition) is 2. The van der Waals surface area contributed by atoms with Gasteiger partial charge in [-0.3, -0.25) is 14.4 Å². The van der Waals surface area contributed by atoms with Gasteiger partial charge in [0.25, 0.3) is 11.8 Å². The lowest BCUT2D eigenvalue weighted by molar-refractivity contribution is -0.119. The van der Waals surface area contributed by atoms with Crippen LogP contribution in [0.1, 0.15) is 65.8 Å². The Morgan fingerprint density at radius 3 is 2.18 bits per heavy atom. The standard InChI is InChI=1S/C32H39N3O3/c1-4-5-12-20-35(3)32(38)27-17-13-16-26(23-27)31(37)34-29(22-25-14-8-6-9-15-25)21-24(2)30(36)33-28-18-10-7-11-19-28/h6-11,13-19,23-24,29H,4-5,12,20-22H2,1-3H3,(H,33,36)(H,34,37)/t24?,29-/m1/s1. The number of amides is 3. The van der Waals surface area contributed by atoms with E-state index in [1.54, 1.807) is 36.2 Å². The summed E-state index contributed by atoms with van der Waals surface area (Å²) in [5.41, 5.74) is 2.74. The number of rotatable bonds is 13. The minimum absolute atomic E-state index is 0.0946. The molecule has 0 aliphatic heterocycles. The van der Waals surface area contributed by atoms with Crippen molar-refractivity contribution in [1.82, 2.24) is 10.2 Å². The van der Waals surface area contributed by atoms with Gasteiger partial charge in [0.15, 0.2) is 0 Å². The molecule has 6 nitrogen and oxygen atoms in total. The minimum Gasteiger partial charge on any atom is -0.349 e. The van der Waals surface area contributed by atoms with Crippen molar-refractivity contribution in [3.63, 3.8) is 0 Å². The molecule has 2 atom stereocenters. The second-order valence-corrected chi connectivity index (χ2v) is 9.87. The van der Waals surface area contributed by atoms with Crippen LogP contribution in [-0.4, -0.2) is 42.3 Å². The van der Waals surface area contributed by atoms with E-state index in [4.69, 9.17) is 0 Å². The van der Waals surface area contributed by atoms with E-state index >= 15 is 0 Å². The van der Waals surface area contributed by atoms with Crippen molar-refractivity contribution in [2.24, 2.45) is 5.92 Å². The summed E-state index contributed by atoms with van der Waals surface area (Å²) in [6.45, 7) is 4.69. The Balaban J connectivity index is 1.70. The zero-order chi connectivity index (χ0) is 27.3. The number of nitrogens with one attached hydrogen (secondary N) is 2. The summed E-state index contributed by atoms with van der Waals surface area (Å²) in [7, 11) is 1.79. The molecule has 3 aromatic rings. The second-order valence-electron chi connectivity index (χ2n) is 9.87. The van der Waals surface area contributed by atoms with Gasteiger partial charge in [-0.05, 0) is 55.2 Å².